The zero-order chi connectivity index (χ0) is 72.1. The first-order valence-electron chi connectivity index (χ1n) is 41.0. The van der Waals surface area contributed by atoms with Crippen LogP contribution in [0.2, 0.25) is 0 Å². The van der Waals surface area contributed by atoms with E-state index in [1.165, 1.54) is 225 Å². The molecule has 0 saturated heterocycles. The predicted octanol–water partition coefficient (Wildman–Crippen LogP) is 23.5. The van der Waals surface area contributed by atoms with Crippen LogP contribution >= 0.6 is 15.6 Å². The van der Waals surface area contributed by atoms with Gasteiger partial charge in [0.05, 0.1) is 26.4 Å². The molecule has 2 unspecified atom stereocenters. The van der Waals surface area contributed by atoms with Crippen molar-refractivity contribution >= 4 is 39.5 Å². The number of rotatable bonds is 78. The van der Waals surface area contributed by atoms with Crippen LogP contribution in [-0.2, 0) is 65.4 Å². The molecule has 19 heteroatoms. The summed E-state index contributed by atoms with van der Waals surface area (Å²) >= 11 is 0. The second-order valence-corrected chi connectivity index (χ2v) is 32.3. The Morgan fingerprint density at radius 1 is 0.276 bits per heavy atom. The number of hydrogen-bond acceptors (Lipinski definition) is 15. The summed E-state index contributed by atoms with van der Waals surface area (Å²) in [6.45, 7) is 9.51. The molecule has 98 heavy (non-hydrogen) atoms. The highest BCUT2D eigenvalue weighted by molar-refractivity contribution is 7.47. The van der Waals surface area contributed by atoms with E-state index in [-0.39, 0.29) is 25.7 Å². The molecule has 0 aliphatic carbocycles. The SMILES string of the molecule is CCCCCCCCCCCCCCCCCCCCCC(=O)O[C@H](COC(=O)CCCCCCCCCCCCCCCCCCCC)COP(=O)(O)OC[C@@H](O)COP(=O)(O)OC[C@@H](COC(=O)CCCCCCCCC(C)C)OC(=O)CCCCCCCCCCCC(C)C. The van der Waals surface area contributed by atoms with Crippen molar-refractivity contribution in [3.63, 3.8) is 0 Å². The van der Waals surface area contributed by atoms with E-state index in [1.54, 1.807) is 0 Å². The molecule has 0 aromatic rings. The van der Waals surface area contributed by atoms with Crippen molar-refractivity contribution in [2.24, 2.45) is 11.8 Å². The molecular weight excluding hydrogens is 1280 g/mol. The monoisotopic (exact) mass is 1440 g/mol. The number of hydrogen-bond donors (Lipinski definition) is 3. The summed E-state index contributed by atoms with van der Waals surface area (Å²) in [5, 5.41) is 10.6. The van der Waals surface area contributed by atoms with Gasteiger partial charge in [-0.15, -0.1) is 0 Å². The van der Waals surface area contributed by atoms with E-state index < -0.39 is 97.5 Å². The average Bonchev–Trinajstić information content (AvgIpc) is 0.942. The smallest absolute Gasteiger partial charge is 0.462 e. The van der Waals surface area contributed by atoms with Gasteiger partial charge in [-0.1, -0.05) is 363 Å². The minimum Gasteiger partial charge on any atom is -0.462 e. The van der Waals surface area contributed by atoms with E-state index in [9.17, 15) is 43.2 Å². The zero-order valence-electron chi connectivity index (χ0n) is 64.1. The summed E-state index contributed by atoms with van der Waals surface area (Å²) in [5.74, 6) is -0.699. The third kappa shape index (κ3) is 72.4. The van der Waals surface area contributed by atoms with Gasteiger partial charge in [-0.3, -0.25) is 37.3 Å². The Bertz CT molecular complexity index is 1890. The third-order valence-electron chi connectivity index (χ3n) is 18.5. The zero-order valence-corrected chi connectivity index (χ0v) is 65.9. The molecule has 0 heterocycles. The van der Waals surface area contributed by atoms with E-state index in [4.69, 9.17) is 37.0 Å². The van der Waals surface area contributed by atoms with Crippen molar-refractivity contribution in [3.8, 4) is 0 Å². The maximum atomic E-state index is 13.1. The van der Waals surface area contributed by atoms with E-state index in [0.717, 1.165) is 102 Å². The summed E-state index contributed by atoms with van der Waals surface area (Å²) in [5.41, 5.74) is 0. The minimum atomic E-state index is -4.96. The molecule has 0 saturated carbocycles. The number of aliphatic hydroxyl groups is 1. The largest absolute Gasteiger partial charge is 0.472 e. The first kappa shape index (κ1) is 96.1. The van der Waals surface area contributed by atoms with Gasteiger partial charge >= 0.3 is 39.5 Å². The molecule has 0 rings (SSSR count). The van der Waals surface area contributed by atoms with Crippen molar-refractivity contribution in [1.82, 2.24) is 0 Å². The standard InChI is InChI=1S/C79H154O17P2/c1-7-9-11-13-15-17-19-21-23-25-27-29-31-33-35-39-43-51-57-63-78(83)95-74(67-89-76(81)61-55-49-42-38-34-32-30-28-26-24-22-20-18-16-14-12-10-8-2)69-93-97(85,86)91-65-73(80)66-92-98(87,88)94-70-75(68-90-77(82)62-56-50-46-45-48-54-60-72(5)6)96-79(84)64-58-52-44-40-36-37-41-47-53-59-71(3)4/h71-75,80H,7-70H2,1-6H3,(H,85,86)(H,87,88)/t73-,74-,75-/m1/s1. The van der Waals surface area contributed by atoms with Gasteiger partial charge in [0, 0.05) is 25.7 Å². The van der Waals surface area contributed by atoms with Crippen LogP contribution in [0.3, 0.4) is 0 Å². The van der Waals surface area contributed by atoms with Crippen LogP contribution in [0.1, 0.15) is 414 Å². The molecule has 0 amide bonds. The molecule has 5 atom stereocenters. The number of esters is 4. The van der Waals surface area contributed by atoms with Crippen LogP contribution in [0.15, 0.2) is 0 Å². The van der Waals surface area contributed by atoms with Crippen molar-refractivity contribution in [3.05, 3.63) is 0 Å². The van der Waals surface area contributed by atoms with Crippen LogP contribution < -0.4 is 0 Å². The lowest BCUT2D eigenvalue weighted by Crippen LogP contribution is -2.30. The molecule has 3 N–H and O–H groups in total. The van der Waals surface area contributed by atoms with E-state index in [2.05, 4.69) is 41.5 Å². The Balaban J connectivity index is 5.21. The fraction of sp³-hybridized carbons (Fsp3) is 0.949. The number of phosphoric acid groups is 2. The summed E-state index contributed by atoms with van der Waals surface area (Å²) < 4.78 is 68.6. The normalized spacial score (nSPS) is 13.9. The summed E-state index contributed by atoms with van der Waals surface area (Å²) in [6, 6.07) is 0. The van der Waals surface area contributed by atoms with Crippen LogP contribution in [0.4, 0.5) is 0 Å². The fourth-order valence-corrected chi connectivity index (χ4v) is 13.8. The summed E-state index contributed by atoms with van der Waals surface area (Å²) in [6.07, 6.45) is 60.0. The second kappa shape index (κ2) is 70.7. The molecule has 0 aromatic heterocycles. The molecule has 17 nitrogen and oxygen atoms in total. The van der Waals surface area contributed by atoms with Crippen LogP contribution in [0.5, 0.6) is 0 Å². The maximum Gasteiger partial charge on any atom is 0.472 e. The first-order chi connectivity index (χ1) is 47.4. The van der Waals surface area contributed by atoms with Gasteiger partial charge in [0.25, 0.3) is 0 Å². The summed E-state index contributed by atoms with van der Waals surface area (Å²) in [7, 11) is -9.91. The number of carbonyl (C=O) groups excluding carboxylic acids is 4. The van der Waals surface area contributed by atoms with E-state index >= 15 is 0 Å². The molecular formula is C79H154O17P2. The minimum absolute atomic E-state index is 0.104. The molecule has 0 spiro atoms. The maximum absolute atomic E-state index is 13.1. The Labute approximate surface area is 600 Å². The lowest BCUT2D eigenvalue weighted by atomic mass is 10.0. The quantitative estimate of drug-likeness (QED) is 0.0222. The number of phosphoric ester groups is 2. The van der Waals surface area contributed by atoms with Gasteiger partial charge in [-0.25, -0.2) is 9.13 Å². The molecule has 0 aliphatic rings. The fourth-order valence-electron chi connectivity index (χ4n) is 12.2. The molecule has 582 valence electrons. The van der Waals surface area contributed by atoms with Gasteiger partial charge in [0.2, 0.25) is 0 Å². The number of ether oxygens (including phenoxy) is 4. The highest BCUT2D eigenvalue weighted by Crippen LogP contribution is 2.45. The van der Waals surface area contributed by atoms with Gasteiger partial charge in [0.1, 0.15) is 19.3 Å². The third-order valence-corrected chi connectivity index (χ3v) is 20.4. The Morgan fingerprint density at radius 3 is 0.694 bits per heavy atom. The Hall–Kier alpha value is -1.94. The topological polar surface area (TPSA) is 237 Å². The number of unbranched alkanes of at least 4 members (excludes halogenated alkanes) is 48. The lowest BCUT2D eigenvalue weighted by molar-refractivity contribution is -0.161. The van der Waals surface area contributed by atoms with Gasteiger partial charge in [0.15, 0.2) is 12.2 Å². The number of carbonyl (C=O) groups is 4. The highest BCUT2D eigenvalue weighted by Gasteiger charge is 2.30. The van der Waals surface area contributed by atoms with Crippen molar-refractivity contribution < 1.29 is 80.2 Å². The average molecular weight is 1440 g/mol. The molecule has 0 fully saturated rings. The van der Waals surface area contributed by atoms with Crippen LogP contribution in [0.25, 0.3) is 0 Å². The van der Waals surface area contributed by atoms with Crippen LogP contribution in [0, 0.1) is 11.8 Å². The molecule has 0 aromatic carbocycles. The Kier molecular flexibility index (Phi) is 69.3. The predicted molar refractivity (Wildman–Crippen MR) is 400 cm³/mol. The van der Waals surface area contributed by atoms with E-state index in [0.29, 0.717) is 31.6 Å². The molecule has 0 radical (unpaired) electrons. The van der Waals surface area contributed by atoms with Crippen molar-refractivity contribution in [1.29, 1.82) is 0 Å². The van der Waals surface area contributed by atoms with E-state index in [1.807, 2.05) is 0 Å². The van der Waals surface area contributed by atoms with Gasteiger partial charge < -0.3 is 33.8 Å². The van der Waals surface area contributed by atoms with Gasteiger partial charge in [-0.05, 0) is 37.5 Å². The molecule has 0 bridgehead atoms. The van der Waals surface area contributed by atoms with Crippen LogP contribution in [-0.4, -0.2) is 96.7 Å². The second-order valence-electron chi connectivity index (χ2n) is 29.4. The number of aliphatic hydroxyl groups excluding tert-OH is 1. The molecule has 0 aliphatic heterocycles. The summed E-state index contributed by atoms with van der Waals surface area (Å²) in [4.78, 5) is 72.9. The van der Waals surface area contributed by atoms with Crippen molar-refractivity contribution in [2.75, 3.05) is 39.6 Å². The van der Waals surface area contributed by atoms with Crippen molar-refractivity contribution in [2.45, 2.75) is 432 Å². The Morgan fingerprint density at radius 2 is 0.469 bits per heavy atom. The first-order valence-corrected chi connectivity index (χ1v) is 44.0. The lowest BCUT2D eigenvalue weighted by Gasteiger charge is -2.21. The van der Waals surface area contributed by atoms with Gasteiger partial charge in [-0.2, -0.15) is 0 Å². The highest BCUT2D eigenvalue weighted by atomic mass is 31.2.